The van der Waals surface area contributed by atoms with Gasteiger partial charge in [-0.15, -0.1) is 0 Å². The number of aryl methyl sites for hydroxylation is 1. The number of carbonyl (C=O) groups is 1. The molecule has 0 heterocycles. The van der Waals surface area contributed by atoms with Crippen LogP contribution < -0.4 is 10.6 Å². The van der Waals surface area contributed by atoms with Crippen LogP contribution in [0, 0.1) is 0 Å². The normalized spacial score (nSPS) is 12.0. The monoisotopic (exact) mass is 347 g/mol. The first-order valence-corrected chi connectivity index (χ1v) is 9.03. The van der Waals surface area contributed by atoms with E-state index < -0.39 is 0 Å². The summed E-state index contributed by atoms with van der Waals surface area (Å²) in [5.74, 6) is 0.634. The zero-order chi connectivity index (χ0) is 18.7. The number of benzene rings is 1. The molecule has 5 nitrogen and oxygen atoms in total. The molecule has 1 aromatic carbocycles. The molecule has 140 valence electrons. The van der Waals surface area contributed by atoms with Gasteiger partial charge in [0.05, 0.1) is 7.11 Å². The molecule has 0 aliphatic heterocycles. The second-order valence-electron chi connectivity index (χ2n) is 6.82. The van der Waals surface area contributed by atoms with Crippen LogP contribution in [0.3, 0.4) is 0 Å². The third-order valence-electron chi connectivity index (χ3n) is 4.39. The van der Waals surface area contributed by atoms with E-state index in [9.17, 15) is 4.79 Å². The van der Waals surface area contributed by atoms with Crippen LogP contribution >= 0.6 is 0 Å². The van der Waals surface area contributed by atoms with E-state index in [1.54, 1.807) is 7.05 Å². The van der Waals surface area contributed by atoms with E-state index >= 15 is 0 Å². The third kappa shape index (κ3) is 7.59. The van der Waals surface area contributed by atoms with Crippen LogP contribution in [0.5, 0.6) is 0 Å². The smallest absolute Gasteiger partial charge is 0.305 e. The van der Waals surface area contributed by atoms with E-state index in [0.717, 1.165) is 38.3 Å². The molecule has 0 bridgehead atoms. The number of carbonyl (C=O) groups excluding carboxylic acids is 1. The molecule has 0 atom stereocenters. The average Bonchev–Trinajstić information content (AvgIpc) is 2.63. The fraction of sp³-hybridized carbons (Fsp3) is 0.600. The van der Waals surface area contributed by atoms with Crippen molar-refractivity contribution in [2.75, 3.05) is 27.2 Å². The lowest BCUT2D eigenvalue weighted by molar-refractivity contribution is -0.140. The molecule has 0 radical (unpaired) electrons. The summed E-state index contributed by atoms with van der Waals surface area (Å²) in [5.41, 5.74) is 2.68. The molecule has 1 aromatic rings. The van der Waals surface area contributed by atoms with Crippen molar-refractivity contribution in [3.8, 4) is 0 Å². The second-order valence-corrected chi connectivity index (χ2v) is 6.82. The SMILES string of the molecule is CCc1ccc(C(C)(C)CNC(=NC)NCCCCC(=O)OC)cc1. The van der Waals surface area contributed by atoms with Crippen molar-refractivity contribution in [3.05, 3.63) is 35.4 Å². The predicted molar refractivity (Wildman–Crippen MR) is 104 cm³/mol. The summed E-state index contributed by atoms with van der Waals surface area (Å²) < 4.78 is 4.64. The van der Waals surface area contributed by atoms with Gasteiger partial charge in [-0.3, -0.25) is 9.79 Å². The Labute approximate surface area is 152 Å². The summed E-state index contributed by atoms with van der Waals surface area (Å²) in [4.78, 5) is 15.3. The molecule has 0 aromatic heterocycles. The van der Waals surface area contributed by atoms with Gasteiger partial charge >= 0.3 is 5.97 Å². The number of methoxy groups -OCH3 is 1. The van der Waals surface area contributed by atoms with Gasteiger partial charge in [-0.05, 0) is 30.4 Å². The van der Waals surface area contributed by atoms with E-state index in [1.165, 1.54) is 18.2 Å². The molecular weight excluding hydrogens is 314 g/mol. The third-order valence-corrected chi connectivity index (χ3v) is 4.39. The zero-order valence-electron chi connectivity index (χ0n) is 16.3. The van der Waals surface area contributed by atoms with E-state index in [4.69, 9.17) is 0 Å². The van der Waals surface area contributed by atoms with Gasteiger partial charge < -0.3 is 15.4 Å². The first-order valence-electron chi connectivity index (χ1n) is 9.03. The van der Waals surface area contributed by atoms with Crippen LogP contribution in [0.25, 0.3) is 0 Å². The molecule has 5 heteroatoms. The number of nitrogens with zero attached hydrogens (tertiary/aromatic N) is 1. The van der Waals surface area contributed by atoms with Crippen molar-refractivity contribution in [2.24, 2.45) is 4.99 Å². The highest BCUT2D eigenvalue weighted by atomic mass is 16.5. The summed E-state index contributed by atoms with van der Waals surface area (Å²) in [5, 5.41) is 6.69. The van der Waals surface area contributed by atoms with Crippen molar-refractivity contribution in [2.45, 2.75) is 51.9 Å². The van der Waals surface area contributed by atoms with Crippen LogP contribution in [0.4, 0.5) is 0 Å². The fourth-order valence-corrected chi connectivity index (χ4v) is 2.52. The van der Waals surface area contributed by atoms with E-state index in [2.05, 4.69) is 65.4 Å². The van der Waals surface area contributed by atoms with E-state index in [-0.39, 0.29) is 11.4 Å². The van der Waals surface area contributed by atoms with Gasteiger partial charge in [0.25, 0.3) is 0 Å². The Morgan fingerprint density at radius 3 is 2.40 bits per heavy atom. The van der Waals surface area contributed by atoms with Crippen molar-refractivity contribution in [1.29, 1.82) is 0 Å². The quantitative estimate of drug-likeness (QED) is 0.312. The predicted octanol–water partition coefficient (Wildman–Crippen LogP) is 3.03. The minimum atomic E-state index is -0.154. The first kappa shape index (κ1) is 21.0. The highest BCUT2D eigenvalue weighted by Gasteiger charge is 2.20. The van der Waals surface area contributed by atoms with Gasteiger partial charge in [-0.2, -0.15) is 0 Å². The molecule has 1 rings (SSSR count). The highest BCUT2D eigenvalue weighted by Crippen LogP contribution is 2.22. The fourth-order valence-electron chi connectivity index (χ4n) is 2.52. The number of nitrogens with one attached hydrogen (secondary N) is 2. The highest BCUT2D eigenvalue weighted by molar-refractivity contribution is 5.79. The second kappa shape index (κ2) is 10.7. The lowest BCUT2D eigenvalue weighted by Gasteiger charge is -2.27. The van der Waals surface area contributed by atoms with Crippen LogP contribution in [-0.2, 0) is 21.4 Å². The minimum absolute atomic E-state index is 0.00871. The Morgan fingerprint density at radius 1 is 1.16 bits per heavy atom. The Balaban J connectivity index is 2.40. The number of esters is 1. The lowest BCUT2D eigenvalue weighted by atomic mass is 9.84. The van der Waals surface area contributed by atoms with Crippen molar-refractivity contribution >= 4 is 11.9 Å². The Morgan fingerprint density at radius 2 is 1.84 bits per heavy atom. The summed E-state index contributed by atoms with van der Waals surface area (Å²) >= 11 is 0. The number of aliphatic imine (C=N–C) groups is 1. The molecule has 0 aliphatic carbocycles. The number of hydrogen-bond acceptors (Lipinski definition) is 3. The van der Waals surface area contributed by atoms with Crippen LogP contribution in [-0.4, -0.2) is 39.2 Å². The van der Waals surface area contributed by atoms with Crippen molar-refractivity contribution in [1.82, 2.24) is 10.6 Å². The topological polar surface area (TPSA) is 62.7 Å². The number of ether oxygens (including phenoxy) is 1. The maximum Gasteiger partial charge on any atom is 0.305 e. The Kier molecular flexibility index (Phi) is 9.03. The molecule has 0 spiro atoms. The van der Waals surface area contributed by atoms with Gasteiger partial charge in [-0.1, -0.05) is 45.0 Å². The number of rotatable bonds is 9. The Bertz CT molecular complexity index is 551. The van der Waals surface area contributed by atoms with Gasteiger partial charge in [0, 0.05) is 32.0 Å². The number of guanidine groups is 1. The molecule has 0 unspecified atom stereocenters. The molecule has 0 aliphatic rings. The first-order chi connectivity index (χ1) is 11.9. The molecule has 0 amide bonds. The zero-order valence-corrected chi connectivity index (χ0v) is 16.3. The minimum Gasteiger partial charge on any atom is -0.469 e. The molecule has 0 saturated heterocycles. The largest absolute Gasteiger partial charge is 0.469 e. The lowest BCUT2D eigenvalue weighted by Crippen LogP contribution is -2.43. The summed E-state index contributed by atoms with van der Waals surface area (Å²) in [6, 6.07) is 8.82. The summed E-state index contributed by atoms with van der Waals surface area (Å²) in [6.07, 6.45) is 3.24. The summed E-state index contributed by atoms with van der Waals surface area (Å²) in [6.45, 7) is 8.19. The van der Waals surface area contributed by atoms with Crippen molar-refractivity contribution in [3.63, 3.8) is 0 Å². The Hall–Kier alpha value is -2.04. The van der Waals surface area contributed by atoms with E-state index in [1.807, 2.05) is 0 Å². The number of unbranched alkanes of at least 4 members (excludes halogenated alkanes) is 1. The van der Waals surface area contributed by atoms with Gasteiger partial charge in [-0.25, -0.2) is 0 Å². The van der Waals surface area contributed by atoms with Gasteiger partial charge in [0.15, 0.2) is 5.96 Å². The molecular formula is C20H33N3O2. The van der Waals surface area contributed by atoms with Crippen LogP contribution in [0.2, 0.25) is 0 Å². The summed E-state index contributed by atoms with van der Waals surface area (Å²) in [7, 11) is 3.19. The molecule has 0 saturated carbocycles. The van der Waals surface area contributed by atoms with E-state index in [0.29, 0.717) is 6.42 Å². The average molecular weight is 348 g/mol. The van der Waals surface area contributed by atoms with Crippen molar-refractivity contribution < 1.29 is 9.53 Å². The number of hydrogen-bond donors (Lipinski definition) is 2. The van der Waals surface area contributed by atoms with Crippen LogP contribution in [0.15, 0.2) is 29.3 Å². The molecule has 0 fully saturated rings. The maximum atomic E-state index is 11.1. The molecule has 25 heavy (non-hydrogen) atoms. The maximum absolute atomic E-state index is 11.1. The van der Waals surface area contributed by atoms with Gasteiger partial charge in [0.1, 0.15) is 0 Å². The molecule has 2 N–H and O–H groups in total. The standard InChI is InChI=1S/C20H33N3O2/c1-6-16-10-12-17(13-11-16)20(2,3)15-23-19(21-4)22-14-8-7-9-18(24)25-5/h10-13H,6-9,14-15H2,1-5H3,(H2,21,22,23). The van der Waals surface area contributed by atoms with Crippen LogP contribution in [0.1, 0.15) is 51.2 Å². The van der Waals surface area contributed by atoms with Gasteiger partial charge in [0.2, 0.25) is 0 Å².